The van der Waals surface area contributed by atoms with Crippen LogP contribution in [0.15, 0.2) is 54.6 Å². The Bertz CT molecular complexity index is 1110. The summed E-state index contributed by atoms with van der Waals surface area (Å²) in [6.07, 6.45) is -0.668. The van der Waals surface area contributed by atoms with E-state index in [1.165, 1.54) is 4.90 Å². The number of aliphatic hydroxyl groups is 1. The second kappa shape index (κ2) is 11.2. The summed E-state index contributed by atoms with van der Waals surface area (Å²) in [5, 5.41) is 16.0. The maximum atomic E-state index is 13.6. The normalized spacial score (nSPS) is 18.3. The average molecular weight is 476 g/mol. The lowest BCUT2D eigenvalue weighted by atomic mass is 9.85. The van der Waals surface area contributed by atoms with Crippen molar-refractivity contribution in [3.05, 3.63) is 71.3 Å². The second-order valence-electron chi connectivity index (χ2n) is 9.82. The fraction of sp³-hybridized carbons (Fsp3) is 0.393. The number of benzene rings is 2. The summed E-state index contributed by atoms with van der Waals surface area (Å²) < 4.78 is 0. The molecule has 1 aliphatic rings. The first kappa shape index (κ1) is 26.0. The molecule has 1 fully saturated rings. The number of rotatable bonds is 6. The van der Waals surface area contributed by atoms with Gasteiger partial charge < -0.3 is 20.6 Å². The van der Waals surface area contributed by atoms with Crippen LogP contribution in [0.25, 0.3) is 0 Å². The molecule has 1 saturated heterocycles. The molecular formula is C28H33N3O4. The van der Waals surface area contributed by atoms with Crippen molar-refractivity contribution in [2.24, 2.45) is 5.41 Å². The average Bonchev–Trinajstić information content (AvgIpc) is 3.23. The van der Waals surface area contributed by atoms with Gasteiger partial charge in [0.2, 0.25) is 11.8 Å². The van der Waals surface area contributed by atoms with Crippen molar-refractivity contribution in [1.82, 2.24) is 15.5 Å². The summed E-state index contributed by atoms with van der Waals surface area (Å²) in [6, 6.07) is 14.5. The summed E-state index contributed by atoms with van der Waals surface area (Å²) in [4.78, 5) is 40.8. The largest absolute Gasteiger partial charge is 0.391 e. The van der Waals surface area contributed by atoms with Crippen molar-refractivity contribution in [2.45, 2.75) is 58.8 Å². The monoisotopic (exact) mass is 475 g/mol. The van der Waals surface area contributed by atoms with Crippen LogP contribution in [0.5, 0.6) is 0 Å². The number of nitrogens with one attached hydrogen (secondary N) is 2. The number of amides is 3. The topological polar surface area (TPSA) is 98.7 Å². The van der Waals surface area contributed by atoms with Gasteiger partial charge >= 0.3 is 0 Å². The Balaban J connectivity index is 1.72. The van der Waals surface area contributed by atoms with Crippen LogP contribution in [0.4, 0.5) is 0 Å². The van der Waals surface area contributed by atoms with Gasteiger partial charge in [-0.2, -0.15) is 0 Å². The number of carbonyl (C=O) groups is 3. The van der Waals surface area contributed by atoms with E-state index in [4.69, 9.17) is 0 Å². The predicted molar refractivity (Wildman–Crippen MR) is 134 cm³/mol. The van der Waals surface area contributed by atoms with Gasteiger partial charge in [-0.3, -0.25) is 14.4 Å². The fourth-order valence-corrected chi connectivity index (χ4v) is 4.08. The van der Waals surface area contributed by atoms with Crippen LogP contribution in [0.1, 0.15) is 55.6 Å². The van der Waals surface area contributed by atoms with Gasteiger partial charge in [0, 0.05) is 30.6 Å². The van der Waals surface area contributed by atoms with E-state index in [-0.39, 0.29) is 30.7 Å². The Labute approximate surface area is 206 Å². The summed E-state index contributed by atoms with van der Waals surface area (Å²) in [5.74, 6) is 4.73. The third kappa shape index (κ3) is 6.71. The third-order valence-electron chi connectivity index (χ3n) is 5.98. The Morgan fingerprint density at radius 2 is 1.74 bits per heavy atom. The van der Waals surface area contributed by atoms with Crippen LogP contribution >= 0.6 is 0 Å². The summed E-state index contributed by atoms with van der Waals surface area (Å²) >= 11 is 0. The van der Waals surface area contributed by atoms with E-state index in [0.29, 0.717) is 12.1 Å². The first-order valence-corrected chi connectivity index (χ1v) is 11.7. The highest BCUT2D eigenvalue weighted by Gasteiger charge is 2.44. The SMILES string of the molecule is CC#Cc1ccc(CNC(=O)[C@@H]2C[C@@H](O)CN2C(=O)[C@@H](NC(=O)c2ccccc2)C(C)(C)C)cc1. The van der Waals surface area contributed by atoms with Crippen molar-refractivity contribution in [2.75, 3.05) is 6.54 Å². The van der Waals surface area contributed by atoms with Crippen LogP contribution in [0.3, 0.4) is 0 Å². The van der Waals surface area contributed by atoms with Gasteiger partial charge in [0.05, 0.1) is 6.10 Å². The molecule has 0 unspecified atom stereocenters. The van der Waals surface area contributed by atoms with Gasteiger partial charge in [0.1, 0.15) is 12.1 Å². The van der Waals surface area contributed by atoms with Gasteiger partial charge in [-0.15, -0.1) is 5.92 Å². The highest BCUT2D eigenvalue weighted by molar-refractivity contribution is 5.98. The van der Waals surface area contributed by atoms with Crippen molar-refractivity contribution in [1.29, 1.82) is 0 Å². The number of hydrogen-bond donors (Lipinski definition) is 3. The molecule has 0 aromatic heterocycles. The Kier molecular flexibility index (Phi) is 8.31. The summed E-state index contributed by atoms with van der Waals surface area (Å²) in [5.41, 5.74) is 1.63. The standard InChI is InChI=1S/C28H33N3O4/c1-5-9-19-12-14-20(15-13-19)17-29-26(34)23-16-22(32)18-31(23)27(35)24(28(2,3)4)30-25(33)21-10-7-6-8-11-21/h6-8,10-15,22-24,32H,16-18H2,1-4H3,(H,29,34)(H,30,33)/t22-,23+,24-/m1/s1. The van der Waals surface area contributed by atoms with Crippen molar-refractivity contribution in [3.8, 4) is 11.8 Å². The van der Waals surface area contributed by atoms with Crippen molar-refractivity contribution in [3.63, 3.8) is 0 Å². The summed E-state index contributed by atoms with van der Waals surface area (Å²) in [7, 11) is 0. The van der Waals surface area contributed by atoms with Gasteiger partial charge in [0.15, 0.2) is 0 Å². The number of nitrogens with zero attached hydrogens (tertiary/aromatic N) is 1. The highest BCUT2D eigenvalue weighted by atomic mass is 16.3. The molecule has 184 valence electrons. The second-order valence-corrected chi connectivity index (χ2v) is 9.82. The number of β-amino-alcohol motifs (C(OH)–C–C–N with tert-alkyl or cyclic N) is 1. The van der Waals surface area contributed by atoms with Crippen LogP contribution in [-0.4, -0.2) is 52.5 Å². The number of hydrogen-bond acceptors (Lipinski definition) is 4. The molecule has 0 spiro atoms. The van der Waals surface area contributed by atoms with Crippen LogP contribution in [-0.2, 0) is 16.1 Å². The van der Waals surface area contributed by atoms with Crippen molar-refractivity contribution < 1.29 is 19.5 Å². The van der Waals surface area contributed by atoms with E-state index in [0.717, 1.165) is 11.1 Å². The van der Waals surface area contributed by atoms with E-state index in [1.807, 2.05) is 51.1 Å². The molecule has 3 rings (SSSR count). The summed E-state index contributed by atoms with van der Waals surface area (Å²) in [6.45, 7) is 7.67. The van der Waals surface area contributed by atoms with Crippen LogP contribution in [0.2, 0.25) is 0 Å². The number of aliphatic hydroxyl groups excluding tert-OH is 1. The molecule has 35 heavy (non-hydrogen) atoms. The Hall–Kier alpha value is -3.63. The molecule has 2 aromatic rings. The smallest absolute Gasteiger partial charge is 0.251 e. The van der Waals surface area contributed by atoms with Crippen molar-refractivity contribution >= 4 is 17.7 Å². The molecule has 1 aliphatic heterocycles. The molecule has 1 heterocycles. The van der Waals surface area contributed by atoms with Gasteiger partial charge in [-0.1, -0.05) is 57.0 Å². The zero-order valence-electron chi connectivity index (χ0n) is 20.7. The molecule has 3 atom stereocenters. The quantitative estimate of drug-likeness (QED) is 0.559. The molecular weight excluding hydrogens is 442 g/mol. The molecule has 7 nitrogen and oxygen atoms in total. The zero-order valence-corrected chi connectivity index (χ0v) is 20.7. The van der Waals surface area contributed by atoms with Gasteiger partial charge in [-0.25, -0.2) is 0 Å². The molecule has 0 aliphatic carbocycles. The first-order valence-electron chi connectivity index (χ1n) is 11.7. The molecule has 3 amide bonds. The van der Waals surface area contributed by atoms with E-state index < -0.39 is 23.6 Å². The Morgan fingerprint density at radius 3 is 2.34 bits per heavy atom. The Morgan fingerprint density at radius 1 is 1.09 bits per heavy atom. The molecule has 0 radical (unpaired) electrons. The minimum Gasteiger partial charge on any atom is -0.391 e. The van der Waals surface area contributed by atoms with E-state index >= 15 is 0 Å². The minimum atomic E-state index is -0.872. The number of likely N-dealkylation sites (tertiary alicyclic amines) is 1. The molecule has 2 aromatic carbocycles. The fourth-order valence-electron chi connectivity index (χ4n) is 4.08. The molecule has 7 heteroatoms. The van der Waals surface area contributed by atoms with Gasteiger partial charge in [0.25, 0.3) is 5.91 Å². The van der Waals surface area contributed by atoms with Gasteiger partial charge in [-0.05, 0) is 42.2 Å². The maximum Gasteiger partial charge on any atom is 0.251 e. The lowest BCUT2D eigenvalue weighted by Gasteiger charge is -2.35. The van der Waals surface area contributed by atoms with E-state index in [1.54, 1.807) is 31.2 Å². The predicted octanol–water partition coefficient (Wildman–Crippen LogP) is 2.48. The first-order chi connectivity index (χ1) is 16.6. The third-order valence-corrected chi connectivity index (χ3v) is 5.98. The highest BCUT2D eigenvalue weighted by Crippen LogP contribution is 2.26. The lowest BCUT2D eigenvalue weighted by molar-refractivity contribution is -0.142. The minimum absolute atomic E-state index is 0.0368. The number of carbonyl (C=O) groups excluding carboxylic acids is 3. The molecule has 0 saturated carbocycles. The van der Waals surface area contributed by atoms with Crippen LogP contribution in [0, 0.1) is 17.3 Å². The zero-order chi connectivity index (χ0) is 25.6. The van der Waals surface area contributed by atoms with Crippen LogP contribution < -0.4 is 10.6 Å². The van der Waals surface area contributed by atoms with E-state index in [2.05, 4.69) is 22.5 Å². The molecule has 0 bridgehead atoms. The maximum absolute atomic E-state index is 13.6. The lowest BCUT2D eigenvalue weighted by Crippen LogP contribution is -2.57. The molecule has 3 N–H and O–H groups in total. The van der Waals surface area contributed by atoms with E-state index in [9.17, 15) is 19.5 Å².